The van der Waals surface area contributed by atoms with Crippen LogP contribution in [0.5, 0.6) is 5.75 Å². The Kier molecular flexibility index (Phi) is 9.81. The summed E-state index contributed by atoms with van der Waals surface area (Å²) in [6.45, 7) is 7.98. The van der Waals surface area contributed by atoms with Crippen molar-refractivity contribution in [3.63, 3.8) is 0 Å². The Balaban J connectivity index is 1.70. The van der Waals surface area contributed by atoms with Crippen molar-refractivity contribution >= 4 is 35.3 Å². The largest absolute Gasteiger partial charge is 0.492 e. The van der Waals surface area contributed by atoms with Gasteiger partial charge in [-0.2, -0.15) is 0 Å². The van der Waals surface area contributed by atoms with E-state index in [4.69, 9.17) is 10.6 Å². The number of nitrogen functional groups attached to an aromatic ring is 1. The van der Waals surface area contributed by atoms with Crippen molar-refractivity contribution in [2.45, 2.75) is 31.1 Å². The Labute approximate surface area is 185 Å². The average Bonchev–Trinajstić information content (AvgIpc) is 3.08. The lowest BCUT2D eigenvalue weighted by atomic mass is 10.2. The molecular formula is C19H28N6O3S2. The minimum absolute atomic E-state index is 0.0227. The summed E-state index contributed by atoms with van der Waals surface area (Å²) >= 11 is 2.41. The topological polar surface area (TPSA) is 115 Å². The van der Waals surface area contributed by atoms with E-state index in [0.29, 0.717) is 36.6 Å². The van der Waals surface area contributed by atoms with Crippen LogP contribution in [0.15, 0.2) is 34.6 Å². The maximum atomic E-state index is 12.1. The molecule has 0 saturated carbocycles. The van der Waals surface area contributed by atoms with Crippen LogP contribution in [0.25, 0.3) is 0 Å². The molecule has 164 valence electrons. The predicted molar refractivity (Wildman–Crippen MR) is 119 cm³/mol. The van der Waals surface area contributed by atoms with E-state index < -0.39 is 0 Å². The predicted octanol–water partition coefficient (Wildman–Crippen LogP) is 1.55. The smallest absolute Gasteiger partial charge is 0.233 e. The first kappa shape index (κ1) is 23.9. The number of benzene rings is 1. The van der Waals surface area contributed by atoms with E-state index in [0.717, 1.165) is 11.3 Å². The number of thioether (sulfide) groups is 2. The van der Waals surface area contributed by atoms with Gasteiger partial charge in [0.05, 0.1) is 18.1 Å². The van der Waals surface area contributed by atoms with Gasteiger partial charge in [0.25, 0.3) is 0 Å². The summed E-state index contributed by atoms with van der Waals surface area (Å²) in [5.41, 5.74) is 1.12. The molecule has 9 nitrogen and oxygen atoms in total. The van der Waals surface area contributed by atoms with Gasteiger partial charge in [0, 0.05) is 13.1 Å². The normalized spacial score (nSPS) is 10.6. The third-order valence-electron chi connectivity index (χ3n) is 4.09. The highest BCUT2D eigenvalue weighted by molar-refractivity contribution is 8.00. The van der Waals surface area contributed by atoms with Crippen LogP contribution >= 0.6 is 23.5 Å². The molecule has 2 aromatic rings. The summed E-state index contributed by atoms with van der Waals surface area (Å²) in [6.07, 6.45) is 0. The number of carbonyl (C=O) groups excluding carboxylic acids is 2. The third-order valence-corrected chi connectivity index (χ3v) is 5.96. The highest BCUT2D eigenvalue weighted by atomic mass is 32.2. The molecule has 1 aromatic heterocycles. The summed E-state index contributed by atoms with van der Waals surface area (Å²) in [4.78, 5) is 25.8. The summed E-state index contributed by atoms with van der Waals surface area (Å²) in [6, 6.07) is 7.74. The molecule has 0 aliphatic heterocycles. The number of hydrogen-bond donors (Lipinski definition) is 2. The van der Waals surface area contributed by atoms with Crippen molar-refractivity contribution in [1.82, 2.24) is 25.1 Å². The van der Waals surface area contributed by atoms with E-state index in [2.05, 4.69) is 15.5 Å². The Morgan fingerprint density at radius 3 is 2.47 bits per heavy atom. The van der Waals surface area contributed by atoms with Crippen molar-refractivity contribution in [3.05, 3.63) is 29.8 Å². The monoisotopic (exact) mass is 452 g/mol. The van der Waals surface area contributed by atoms with Crippen molar-refractivity contribution < 1.29 is 14.3 Å². The van der Waals surface area contributed by atoms with Crippen LogP contribution in [-0.2, 0) is 9.59 Å². The zero-order valence-electron chi connectivity index (χ0n) is 17.5. The molecule has 1 aromatic carbocycles. The molecule has 2 rings (SSSR count). The fourth-order valence-corrected chi connectivity index (χ4v) is 4.00. The lowest BCUT2D eigenvalue weighted by Gasteiger charge is -2.17. The summed E-state index contributed by atoms with van der Waals surface area (Å²) in [5, 5.41) is 11.6. The Morgan fingerprint density at radius 2 is 1.83 bits per heavy atom. The van der Waals surface area contributed by atoms with Gasteiger partial charge in [0.15, 0.2) is 0 Å². The van der Waals surface area contributed by atoms with Crippen LogP contribution in [0, 0.1) is 6.92 Å². The van der Waals surface area contributed by atoms with Crippen LogP contribution in [-0.4, -0.2) is 69.3 Å². The number of aryl methyl sites for hydroxylation is 1. The highest BCUT2D eigenvalue weighted by Gasteiger charge is 2.16. The minimum atomic E-state index is -0.151. The number of ether oxygens (including phenoxy) is 1. The second-order valence-corrected chi connectivity index (χ2v) is 8.18. The molecule has 0 bridgehead atoms. The minimum Gasteiger partial charge on any atom is -0.492 e. The molecular weight excluding hydrogens is 424 g/mol. The molecule has 0 radical (unpaired) electrons. The second kappa shape index (κ2) is 12.3. The molecule has 3 N–H and O–H groups in total. The number of nitrogens with two attached hydrogens (primary N) is 1. The summed E-state index contributed by atoms with van der Waals surface area (Å²) < 4.78 is 6.90. The number of amides is 2. The van der Waals surface area contributed by atoms with Crippen LogP contribution in [0.1, 0.15) is 19.4 Å². The standard InChI is InChI=1S/C19H28N6O3S2/c1-4-24(5-2)17(27)13-30-19-23-22-18(25(19)20)29-12-16(26)21-9-10-28-15-8-6-7-14(3)11-15/h6-8,11H,4-5,9-10,12-13,20H2,1-3H3,(H,21,26). The van der Waals surface area contributed by atoms with Crippen molar-refractivity contribution in [2.75, 3.05) is 43.6 Å². The molecule has 0 spiro atoms. The first-order valence-electron chi connectivity index (χ1n) is 9.64. The lowest BCUT2D eigenvalue weighted by Crippen LogP contribution is -2.32. The van der Waals surface area contributed by atoms with E-state index in [9.17, 15) is 9.59 Å². The summed E-state index contributed by atoms with van der Waals surface area (Å²) in [7, 11) is 0. The quantitative estimate of drug-likeness (QED) is 0.283. The van der Waals surface area contributed by atoms with Gasteiger partial charge >= 0.3 is 0 Å². The van der Waals surface area contributed by atoms with E-state index in [1.54, 1.807) is 4.90 Å². The van der Waals surface area contributed by atoms with E-state index in [1.165, 1.54) is 28.2 Å². The second-order valence-electron chi connectivity index (χ2n) is 6.29. The fourth-order valence-electron chi connectivity index (χ4n) is 2.50. The Bertz CT molecular complexity index is 841. The van der Waals surface area contributed by atoms with Crippen LogP contribution in [0.2, 0.25) is 0 Å². The molecule has 0 aliphatic carbocycles. The average molecular weight is 453 g/mol. The molecule has 2 amide bonds. The Hall–Kier alpha value is -2.40. The molecule has 0 aliphatic rings. The van der Waals surface area contributed by atoms with E-state index in [1.807, 2.05) is 45.0 Å². The van der Waals surface area contributed by atoms with E-state index in [-0.39, 0.29) is 23.3 Å². The van der Waals surface area contributed by atoms with Crippen molar-refractivity contribution in [2.24, 2.45) is 0 Å². The van der Waals surface area contributed by atoms with Gasteiger partial charge in [0.1, 0.15) is 12.4 Å². The third kappa shape index (κ3) is 7.45. The van der Waals surface area contributed by atoms with Gasteiger partial charge in [-0.3, -0.25) is 9.59 Å². The number of carbonyl (C=O) groups is 2. The first-order chi connectivity index (χ1) is 14.4. The van der Waals surface area contributed by atoms with Gasteiger partial charge in [-0.25, -0.2) is 4.68 Å². The number of hydrogen-bond acceptors (Lipinski definition) is 8. The zero-order chi connectivity index (χ0) is 21.9. The van der Waals surface area contributed by atoms with Gasteiger partial charge in [0.2, 0.25) is 22.1 Å². The van der Waals surface area contributed by atoms with Gasteiger partial charge in [-0.05, 0) is 38.5 Å². The van der Waals surface area contributed by atoms with E-state index >= 15 is 0 Å². The van der Waals surface area contributed by atoms with Gasteiger partial charge in [-0.1, -0.05) is 35.7 Å². The molecule has 0 atom stereocenters. The van der Waals surface area contributed by atoms with Crippen LogP contribution in [0.4, 0.5) is 0 Å². The molecule has 0 unspecified atom stereocenters. The molecule has 11 heteroatoms. The molecule has 0 fully saturated rings. The van der Waals surface area contributed by atoms with Gasteiger partial charge in [-0.15, -0.1) is 10.2 Å². The number of rotatable bonds is 12. The SMILES string of the molecule is CCN(CC)C(=O)CSc1nnc(SCC(=O)NCCOc2cccc(C)c2)n1N. The number of nitrogens with zero attached hydrogens (tertiary/aromatic N) is 4. The maximum Gasteiger partial charge on any atom is 0.233 e. The fraction of sp³-hybridized carbons (Fsp3) is 0.474. The van der Waals surface area contributed by atoms with Crippen molar-refractivity contribution in [3.8, 4) is 5.75 Å². The number of nitrogens with one attached hydrogen (secondary N) is 1. The Morgan fingerprint density at radius 1 is 1.17 bits per heavy atom. The lowest BCUT2D eigenvalue weighted by molar-refractivity contribution is -0.128. The van der Waals surface area contributed by atoms with Crippen LogP contribution < -0.4 is 15.9 Å². The highest BCUT2D eigenvalue weighted by Crippen LogP contribution is 2.21. The summed E-state index contributed by atoms with van der Waals surface area (Å²) in [5.74, 6) is 7.03. The zero-order valence-corrected chi connectivity index (χ0v) is 19.1. The van der Waals surface area contributed by atoms with Crippen molar-refractivity contribution in [1.29, 1.82) is 0 Å². The number of aromatic nitrogens is 3. The van der Waals surface area contributed by atoms with Crippen LogP contribution in [0.3, 0.4) is 0 Å². The maximum absolute atomic E-state index is 12.1. The molecule has 30 heavy (non-hydrogen) atoms. The van der Waals surface area contributed by atoms with Gasteiger partial charge < -0.3 is 20.8 Å². The first-order valence-corrected chi connectivity index (χ1v) is 11.6. The molecule has 0 saturated heterocycles. The molecule has 1 heterocycles.